The summed E-state index contributed by atoms with van der Waals surface area (Å²) in [5.41, 5.74) is 1.07. The van der Waals surface area contributed by atoms with E-state index >= 15 is 0 Å². The summed E-state index contributed by atoms with van der Waals surface area (Å²) < 4.78 is 28.4. The number of rotatable bonds is 12. The first-order valence-electron chi connectivity index (χ1n) is 12.3. The fourth-order valence-electron chi connectivity index (χ4n) is 3.76. The van der Waals surface area contributed by atoms with Gasteiger partial charge in [0.15, 0.2) is 0 Å². The molecule has 0 spiro atoms. The highest BCUT2D eigenvalue weighted by Gasteiger charge is 2.32. The van der Waals surface area contributed by atoms with Crippen molar-refractivity contribution in [3.05, 3.63) is 94.5 Å². The van der Waals surface area contributed by atoms with Crippen molar-refractivity contribution in [3.63, 3.8) is 0 Å². The Bertz CT molecular complexity index is 1320. The first-order chi connectivity index (χ1) is 18.1. The predicted octanol–water partition coefficient (Wildman–Crippen LogP) is 5.52. The largest absolute Gasteiger partial charge is 0.354 e. The van der Waals surface area contributed by atoms with Crippen LogP contribution in [-0.4, -0.2) is 44.3 Å². The number of anilines is 1. The lowest BCUT2D eigenvalue weighted by Crippen LogP contribution is -2.51. The van der Waals surface area contributed by atoms with Gasteiger partial charge < -0.3 is 10.2 Å². The molecule has 0 aliphatic rings. The molecule has 0 bridgehead atoms. The fourth-order valence-corrected chi connectivity index (χ4v) is 5.43. The van der Waals surface area contributed by atoms with Crippen LogP contribution in [0.3, 0.4) is 0 Å². The van der Waals surface area contributed by atoms with Gasteiger partial charge in [-0.25, -0.2) is 8.42 Å². The van der Waals surface area contributed by atoms with Gasteiger partial charge in [-0.2, -0.15) is 0 Å². The molecule has 202 valence electrons. The summed E-state index contributed by atoms with van der Waals surface area (Å²) in [5.74, 6) is -0.841. The number of amides is 2. The SMILES string of the molecule is CCCCNC(=O)[C@@H](C)N(Cc1ccc(Cl)cc1)C(=O)CN(c1ccccc1)S(=O)(=O)c1ccc(Cl)cc1. The second-order valence-corrected chi connectivity index (χ2v) is 11.5. The Balaban J connectivity index is 1.96. The number of sulfonamides is 1. The van der Waals surface area contributed by atoms with Crippen LogP contribution >= 0.6 is 23.2 Å². The average Bonchev–Trinajstić information content (AvgIpc) is 2.91. The first kappa shape index (κ1) is 29.5. The highest BCUT2D eigenvalue weighted by atomic mass is 35.5. The minimum atomic E-state index is -4.13. The van der Waals surface area contributed by atoms with Crippen molar-refractivity contribution < 1.29 is 18.0 Å². The smallest absolute Gasteiger partial charge is 0.264 e. The summed E-state index contributed by atoms with van der Waals surface area (Å²) in [6, 6.07) is 20.2. The van der Waals surface area contributed by atoms with Gasteiger partial charge in [-0.05, 0) is 67.4 Å². The van der Waals surface area contributed by atoms with Crippen molar-refractivity contribution in [3.8, 4) is 0 Å². The van der Waals surface area contributed by atoms with Gasteiger partial charge in [-0.3, -0.25) is 13.9 Å². The van der Waals surface area contributed by atoms with Gasteiger partial charge in [0.05, 0.1) is 10.6 Å². The van der Waals surface area contributed by atoms with Gasteiger partial charge in [-0.1, -0.05) is 66.9 Å². The summed E-state index contributed by atoms with van der Waals surface area (Å²) in [5, 5.41) is 3.80. The van der Waals surface area contributed by atoms with Gasteiger partial charge in [0.1, 0.15) is 12.6 Å². The van der Waals surface area contributed by atoms with Crippen LogP contribution in [0.15, 0.2) is 83.8 Å². The van der Waals surface area contributed by atoms with Crippen LogP contribution in [0.25, 0.3) is 0 Å². The van der Waals surface area contributed by atoms with Crippen molar-refractivity contribution in [1.29, 1.82) is 0 Å². The maximum Gasteiger partial charge on any atom is 0.264 e. The number of hydrogen-bond acceptors (Lipinski definition) is 4. The molecule has 0 unspecified atom stereocenters. The molecule has 10 heteroatoms. The number of hydrogen-bond donors (Lipinski definition) is 1. The summed E-state index contributed by atoms with van der Waals surface area (Å²) in [6.45, 7) is 3.74. The van der Waals surface area contributed by atoms with Crippen LogP contribution in [0.5, 0.6) is 0 Å². The third kappa shape index (κ3) is 7.72. The Hall–Kier alpha value is -3.07. The van der Waals surface area contributed by atoms with E-state index in [0.717, 1.165) is 22.7 Å². The van der Waals surface area contributed by atoms with E-state index in [1.54, 1.807) is 61.5 Å². The molecule has 0 fully saturated rings. The quantitative estimate of drug-likeness (QED) is 0.288. The molecule has 1 atom stereocenters. The molecule has 0 saturated carbocycles. The molecule has 3 aromatic rings. The van der Waals surface area contributed by atoms with Crippen molar-refractivity contribution in [1.82, 2.24) is 10.2 Å². The molecule has 0 radical (unpaired) electrons. The third-order valence-corrected chi connectivity index (χ3v) is 8.28. The molecule has 1 N–H and O–H groups in total. The Morgan fingerprint density at radius 1 is 0.895 bits per heavy atom. The van der Waals surface area contributed by atoms with Crippen LogP contribution < -0.4 is 9.62 Å². The average molecular weight is 577 g/mol. The number of carbonyl (C=O) groups is 2. The molecular formula is C28H31Cl2N3O4S. The fraction of sp³-hybridized carbons (Fsp3) is 0.286. The molecule has 3 aromatic carbocycles. The van der Waals surface area contributed by atoms with E-state index in [4.69, 9.17) is 23.2 Å². The second kappa shape index (κ2) is 13.6. The van der Waals surface area contributed by atoms with Gasteiger partial charge >= 0.3 is 0 Å². The molecule has 2 amide bonds. The predicted molar refractivity (Wildman–Crippen MR) is 152 cm³/mol. The van der Waals surface area contributed by atoms with E-state index in [9.17, 15) is 18.0 Å². The minimum absolute atomic E-state index is 0.00633. The molecule has 0 aliphatic carbocycles. The standard InChI is InChI=1S/C28H31Cl2N3O4S/c1-3-4-18-31-28(35)21(2)32(19-22-10-12-23(29)13-11-22)27(34)20-33(25-8-6-5-7-9-25)38(36,37)26-16-14-24(30)15-17-26/h5-17,21H,3-4,18-20H2,1-2H3,(H,31,35)/t21-/m1/s1. The Kier molecular flexibility index (Phi) is 10.6. The topological polar surface area (TPSA) is 86.8 Å². The lowest BCUT2D eigenvalue weighted by molar-refractivity contribution is -0.139. The molecule has 0 aliphatic heterocycles. The molecule has 3 rings (SSSR count). The van der Waals surface area contributed by atoms with Gasteiger partial charge in [0, 0.05) is 23.1 Å². The highest BCUT2D eigenvalue weighted by molar-refractivity contribution is 7.92. The minimum Gasteiger partial charge on any atom is -0.354 e. The summed E-state index contributed by atoms with van der Waals surface area (Å²) in [4.78, 5) is 28.1. The zero-order valence-corrected chi connectivity index (χ0v) is 23.6. The molecule has 0 saturated heterocycles. The number of benzene rings is 3. The maximum atomic E-state index is 13.8. The third-order valence-electron chi connectivity index (χ3n) is 5.99. The van der Waals surface area contributed by atoms with Crippen molar-refractivity contribution >= 4 is 50.7 Å². The van der Waals surface area contributed by atoms with E-state index in [1.807, 2.05) is 6.92 Å². The Morgan fingerprint density at radius 3 is 2.05 bits per heavy atom. The lowest BCUT2D eigenvalue weighted by atomic mass is 10.1. The molecule has 0 aromatic heterocycles. The highest BCUT2D eigenvalue weighted by Crippen LogP contribution is 2.25. The van der Waals surface area contributed by atoms with E-state index < -0.39 is 28.5 Å². The van der Waals surface area contributed by atoms with Crippen LogP contribution in [0.4, 0.5) is 5.69 Å². The molecule has 0 heterocycles. The van der Waals surface area contributed by atoms with Crippen LogP contribution in [0.1, 0.15) is 32.3 Å². The zero-order valence-electron chi connectivity index (χ0n) is 21.3. The van der Waals surface area contributed by atoms with Crippen LogP contribution in [0.2, 0.25) is 10.0 Å². The number of halogens is 2. The monoisotopic (exact) mass is 575 g/mol. The lowest BCUT2D eigenvalue weighted by Gasteiger charge is -2.32. The van der Waals surface area contributed by atoms with Gasteiger partial charge in [-0.15, -0.1) is 0 Å². The number of nitrogens with one attached hydrogen (secondary N) is 1. The summed E-state index contributed by atoms with van der Waals surface area (Å²) in [6.07, 6.45) is 1.72. The maximum absolute atomic E-state index is 13.8. The van der Waals surface area contributed by atoms with E-state index in [-0.39, 0.29) is 17.3 Å². The van der Waals surface area contributed by atoms with Crippen LogP contribution in [0, 0.1) is 0 Å². The van der Waals surface area contributed by atoms with Crippen molar-refractivity contribution in [2.75, 3.05) is 17.4 Å². The first-order valence-corrected chi connectivity index (χ1v) is 14.5. The van der Waals surface area contributed by atoms with Crippen molar-refractivity contribution in [2.45, 2.75) is 44.2 Å². The zero-order chi connectivity index (χ0) is 27.7. The summed E-state index contributed by atoms with van der Waals surface area (Å²) >= 11 is 12.0. The normalized spacial score (nSPS) is 12.0. The van der Waals surface area contributed by atoms with E-state index in [1.165, 1.54) is 29.2 Å². The van der Waals surface area contributed by atoms with E-state index in [0.29, 0.717) is 22.3 Å². The number of unbranched alkanes of at least 4 members (excludes halogenated alkanes) is 1. The van der Waals surface area contributed by atoms with E-state index in [2.05, 4.69) is 5.32 Å². The molecular weight excluding hydrogens is 545 g/mol. The number of nitrogens with zero attached hydrogens (tertiary/aromatic N) is 2. The Labute approximate surface area is 234 Å². The Morgan fingerprint density at radius 2 is 1.47 bits per heavy atom. The van der Waals surface area contributed by atoms with Crippen LogP contribution in [-0.2, 0) is 26.2 Å². The second-order valence-electron chi connectivity index (χ2n) is 8.77. The van der Waals surface area contributed by atoms with Gasteiger partial charge in [0.25, 0.3) is 10.0 Å². The number of carbonyl (C=O) groups excluding carboxylic acids is 2. The molecule has 38 heavy (non-hydrogen) atoms. The molecule has 7 nitrogen and oxygen atoms in total. The summed E-state index contributed by atoms with van der Waals surface area (Å²) in [7, 11) is -4.13. The van der Waals surface area contributed by atoms with Crippen molar-refractivity contribution in [2.24, 2.45) is 0 Å². The van der Waals surface area contributed by atoms with Gasteiger partial charge in [0.2, 0.25) is 11.8 Å². The number of para-hydroxylation sites is 1.